The van der Waals surface area contributed by atoms with Gasteiger partial charge in [-0.15, -0.1) is 0 Å². The molecule has 3 heterocycles. The van der Waals surface area contributed by atoms with E-state index in [4.69, 9.17) is 10.7 Å². The lowest BCUT2D eigenvalue weighted by Gasteiger charge is -2.29. The molecule has 0 spiro atoms. The molecular weight excluding hydrogens is 390 g/mol. The van der Waals surface area contributed by atoms with Crippen LogP contribution in [0.15, 0.2) is 54.7 Å². The average molecular weight is 418 g/mol. The van der Waals surface area contributed by atoms with Crippen molar-refractivity contribution in [3.63, 3.8) is 0 Å². The molecule has 7 nitrogen and oxygen atoms in total. The number of amides is 1. The molecule has 1 saturated heterocycles. The third-order valence-electron chi connectivity index (χ3n) is 5.48. The Morgan fingerprint density at radius 1 is 1.06 bits per heavy atom. The van der Waals surface area contributed by atoms with E-state index in [2.05, 4.69) is 15.2 Å². The fraction of sp³-hybridized carbons (Fsp3) is 0.292. The highest BCUT2D eigenvalue weighted by atomic mass is 16.3. The van der Waals surface area contributed by atoms with Crippen molar-refractivity contribution in [2.45, 2.75) is 19.3 Å². The Morgan fingerprint density at radius 3 is 2.58 bits per heavy atom. The zero-order valence-corrected chi connectivity index (χ0v) is 17.4. The fourth-order valence-corrected chi connectivity index (χ4v) is 3.77. The summed E-state index contributed by atoms with van der Waals surface area (Å²) in [4.78, 5) is 23.4. The maximum absolute atomic E-state index is 11.9. The summed E-state index contributed by atoms with van der Waals surface area (Å²) in [5.41, 5.74) is 9.87. The van der Waals surface area contributed by atoms with Gasteiger partial charge >= 0.3 is 0 Å². The number of rotatable bonds is 7. The summed E-state index contributed by atoms with van der Waals surface area (Å²) in [6, 6.07) is 14.8. The monoisotopic (exact) mass is 417 g/mol. The highest BCUT2D eigenvalue weighted by Gasteiger charge is 2.16. The molecule has 1 fully saturated rings. The Balaban J connectivity index is 1.52. The molecule has 160 valence electrons. The van der Waals surface area contributed by atoms with Crippen LogP contribution >= 0.6 is 0 Å². The third kappa shape index (κ3) is 5.38. The predicted octanol–water partition coefficient (Wildman–Crippen LogP) is 2.53. The Bertz CT molecular complexity index is 1050. The van der Waals surface area contributed by atoms with Gasteiger partial charge in [-0.25, -0.2) is 4.98 Å². The van der Waals surface area contributed by atoms with Crippen LogP contribution in [0.2, 0.25) is 0 Å². The van der Waals surface area contributed by atoms with Crippen molar-refractivity contribution in [3.05, 3.63) is 71.5 Å². The SMILES string of the molecule is NC(=O)c1cc(-c2ccnc(CCCc3ccc(O)cc3)c2)nc(N2CCNCC2)c1. The van der Waals surface area contributed by atoms with Crippen LogP contribution in [0.4, 0.5) is 5.82 Å². The molecular formula is C24H27N5O2. The molecule has 2 aromatic heterocycles. The molecule has 1 amide bonds. The first-order valence-corrected chi connectivity index (χ1v) is 10.6. The van der Waals surface area contributed by atoms with Gasteiger partial charge in [0.1, 0.15) is 11.6 Å². The van der Waals surface area contributed by atoms with E-state index in [1.165, 1.54) is 5.56 Å². The van der Waals surface area contributed by atoms with Crippen LogP contribution in [-0.4, -0.2) is 47.2 Å². The number of aromatic nitrogens is 2. The van der Waals surface area contributed by atoms with Crippen LogP contribution < -0.4 is 16.0 Å². The number of primary amides is 1. The van der Waals surface area contributed by atoms with Crippen LogP contribution in [0.25, 0.3) is 11.3 Å². The van der Waals surface area contributed by atoms with Crippen molar-refractivity contribution in [1.82, 2.24) is 15.3 Å². The van der Waals surface area contributed by atoms with Gasteiger partial charge in [-0.3, -0.25) is 9.78 Å². The van der Waals surface area contributed by atoms with Crippen LogP contribution in [0.3, 0.4) is 0 Å². The van der Waals surface area contributed by atoms with Gasteiger partial charge in [-0.2, -0.15) is 0 Å². The molecule has 0 saturated carbocycles. The zero-order valence-electron chi connectivity index (χ0n) is 17.4. The van der Waals surface area contributed by atoms with Crippen LogP contribution in [0.1, 0.15) is 28.0 Å². The van der Waals surface area contributed by atoms with Gasteiger partial charge in [-0.05, 0) is 61.2 Å². The topological polar surface area (TPSA) is 104 Å². The molecule has 31 heavy (non-hydrogen) atoms. The van der Waals surface area contributed by atoms with Crippen molar-refractivity contribution in [2.75, 3.05) is 31.1 Å². The summed E-state index contributed by atoms with van der Waals surface area (Å²) in [6.45, 7) is 3.46. The van der Waals surface area contributed by atoms with E-state index in [9.17, 15) is 9.90 Å². The van der Waals surface area contributed by atoms with Gasteiger partial charge in [0.2, 0.25) is 5.91 Å². The number of hydrogen-bond acceptors (Lipinski definition) is 6. The summed E-state index contributed by atoms with van der Waals surface area (Å²) in [5.74, 6) is 0.602. The van der Waals surface area contributed by atoms with E-state index in [-0.39, 0.29) is 5.75 Å². The molecule has 0 radical (unpaired) electrons. The largest absolute Gasteiger partial charge is 0.508 e. The van der Waals surface area contributed by atoms with Crippen LogP contribution in [0.5, 0.6) is 5.75 Å². The number of phenolic OH excluding ortho intramolecular Hbond substituents is 1. The molecule has 0 unspecified atom stereocenters. The number of aromatic hydroxyl groups is 1. The average Bonchev–Trinajstić information content (AvgIpc) is 2.81. The second-order valence-electron chi connectivity index (χ2n) is 7.76. The number of benzene rings is 1. The summed E-state index contributed by atoms with van der Waals surface area (Å²) < 4.78 is 0. The number of anilines is 1. The lowest BCUT2D eigenvalue weighted by Crippen LogP contribution is -2.44. The standard InChI is InChI=1S/C24H27N5O2/c25-24(31)19-15-22(28-23(16-19)29-12-10-26-11-13-29)18-8-9-27-20(14-18)3-1-2-17-4-6-21(30)7-5-17/h4-9,14-16,26,30H,1-3,10-13H2,(H2,25,31). The number of carbonyl (C=O) groups is 1. The van der Waals surface area contributed by atoms with E-state index in [0.29, 0.717) is 5.56 Å². The van der Waals surface area contributed by atoms with Gasteiger partial charge in [0, 0.05) is 49.2 Å². The van der Waals surface area contributed by atoms with E-state index in [1.54, 1.807) is 30.5 Å². The molecule has 4 rings (SSSR count). The van der Waals surface area contributed by atoms with Crippen molar-refractivity contribution in [3.8, 4) is 17.0 Å². The number of piperazine rings is 1. The Hall–Kier alpha value is -3.45. The molecule has 0 atom stereocenters. The number of aryl methyl sites for hydroxylation is 2. The fourth-order valence-electron chi connectivity index (χ4n) is 3.77. The van der Waals surface area contributed by atoms with Gasteiger partial charge in [0.15, 0.2) is 0 Å². The summed E-state index contributed by atoms with van der Waals surface area (Å²) in [7, 11) is 0. The predicted molar refractivity (Wildman–Crippen MR) is 121 cm³/mol. The number of pyridine rings is 2. The highest BCUT2D eigenvalue weighted by molar-refractivity contribution is 5.94. The van der Waals surface area contributed by atoms with Crippen LogP contribution in [0, 0.1) is 0 Å². The minimum Gasteiger partial charge on any atom is -0.508 e. The summed E-state index contributed by atoms with van der Waals surface area (Å²) >= 11 is 0. The molecule has 7 heteroatoms. The quantitative estimate of drug-likeness (QED) is 0.546. The molecule has 0 bridgehead atoms. The van der Waals surface area contributed by atoms with Gasteiger partial charge < -0.3 is 21.1 Å². The van der Waals surface area contributed by atoms with E-state index >= 15 is 0 Å². The number of nitrogens with zero attached hydrogens (tertiary/aromatic N) is 3. The number of carbonyl (C=O) groups excluding carboxylic acids is 1. The lowest BCUT2D eigenvalue weighted by atomic mass is 10.0. The van der Waals surface area contributed by atoms with Gasteiger partial charge in [-0.1, -0.05) is 12.1 Å². The van der Waals surface area contributed by atoms with Crippen molar-refractivity contribution >= 4 is 11.7 Å². The molecule has 3 aromatic rings. The van der Waals surface area contributed by atoms with Crippen molar-refractivity contribution in [2.24, 2.45) is 5.73 Å². The first-order valence-electron chi connectivity index (χ1n) is 10.6. The molecule has 1 aliphatic heterocycles. The summed E-state index contributed by atoms with van der Waals surface area (Å²) in [5, 5.41) is 12.7. The van der Waals surface area contributed by atoms with E-state index < -0.39 is 5.91 Å². The number of phenols is 1. The second-order valence-corrected chi connectivity index (χ2v) is 7.76. The van der Waals surface area contributed by atoms with Crippen molar-refractivity contribution < 1.29 is 9.90 Å². The van der Waals surface area contributed by atoms with Crippen molar-refractivity contribution in [1.29, 1.82) is 0 Å². The molecule has 1 aliphatic rings. The van der Waals surface area contributed by atoms with Crippen LogP contribution in [-0.2, 0) is 12.8 Å². The molecule has 0 aliphatic carbocycles. The number of nitrogens with one attached hydrogen (secondary N) is 1. The minimum atomic E-state index is -0.455. The first-order chi connectivity index (χ1) is 15.1. The summed E-state index contributed by atoms with van der Waals surface area (Å²) in [6.07, 6.45) is 4.47. The maximum atomic E-state index is 11.9. The lowest BCUT2D eigenvalue weighted by molar-refractivity contribution is 0.1000. The number of nitrogens with two attached hydrogens (primary N) is 1. The Kier molecular flexibility index (Phi) is 6.43. The number of hydrogen-bond donors (Lipinski definition) is 3. The highest BCUT2D eigenvalue weighted by Crippen LogP contribution is 2.24. The zero-order chi connectivity index (χ0) is 21.6. The smallest absolute Gasteiger partial charge is 0.248 e. The molecule has 4 N–H and O–H groups in total. The van der Waals surface area contributed by atoms with E-state index in [1.807, 2.05) is 24.3 Å². The van der Waals surface area contributed by atoms with Gasteiger partial charge in [0.05, 0.1) is 5.69 Å². The molecule has 1 aromatic carbocycles. The minimum absolute atomic E-state index is 0.281. The normalized spacial score (nSPS) is 13.9. The Labute approximate surface area is 182 Å². The second kappa shape index (κ2) is 9.57. The maximum Gasteiger partial charge on any atom is 0.248 e. The van der Waals surface area contributed by atoms with E-state index in [0.717, 1.165) is 68.2 Å². The first kappa shape index (κ1) is 20.8. The van der Waals surface area contributed by atoms with Gasteiger partial charge in [0.25, 0.3) is 0 Å². The third-order valence-corrected chi connectivity index (χ3v) is 5.48. The Morgan fingerprint density at radius 2 is 1.84 bits per heavy atom.